The summed E-state index contributed by atoms with van der Waals surface area (Å²) in [6.45, 7) is 0.305. The van der Waals surface area contributed by atoms with Gasteiger partial charge in [-0.1, -0.05) is 72.8 Å². The van der Waals surface area contributed by atoms with Crippen LogP contribution >= 0.6 is 0 Å². The first kappa shape index (κ1) is 22.5. The monoisotopic (exact) mass is 481 g/mol. The highest BCUT2D eigenvalue weighted by atomic mass is 16.6. The van der Waals surface area contributed by atoms with Gasteiger partial charge in [0.25, 0.3) is 0 Å². The Morgan fingerprint density at radius 1 is 0.917 bits per heavy atom. The minimum absolute atomic E-state index is 0.169. The normalized spacial score (nSPS) is 20.4. The number of methoxy groups -OCH3 is 1. The Morgan fingerprint density at radius 3 is 2.19 bits per heavy atom. The molecule has 7 heteroatoms. The van der Waals surface area contributed by atoms with Crippen molar-refractivity contribution < 1.29 is 18.9 Å². The Labute approximate surface area is 209 Å². The van der Waals surface area contributed by atoms with Crippen LogP contribution in [0.15, 0.2) is 97.2 Å². The molecular weight excluding hydrogens is 454 g/mol. The van der Waals surface area contributed by atoms with Crippen LogP contribution < -0.4 is 15.0 Å². The third kappa shape index (κ3) is 3.86. The minimum Gasteiger partial charge on any atom is -0.497 e. The van der Waals surface area contributed by atoms with Crippen molar-refractivity contribution in [3.63, 3.8) is 0 Å². The number of aromatic nitrogens is 2. The fourth-order valence-electron chi connectivity index (χ4n) is 5.13. The average molecular weight is 482 g/mol. The summed E-state index contributed by atoms with van der Waals surface area (Å²) in [5.41, 5.74) is 2.31. The number of rotatable bonds is 7. The fourth-order valence-corrected chi connectivity index (χ4v) is 5.13. The molecule has 0 radical (unpaired) electrons. The van der Waals surface area contributed by atoms with Gasteiger partial charge in [-0.05, 0) is 34.9 Å². The second-order valence-electron chi connectivity index (χ2n) is 8.98. The van der Waals surface area contributed by atoms with Crippen molar-refractivity contribution in [3.8, 4) is 11.8 Å². The van der Waals surface area contributed by atoms with Crippen molar-refractivity contribution in [1.29, 1.82) is 5.41 Å². The lowest BCUT2D eigenvalue weighted by Crippen LogP contribution is -2.39. The number of ether oxygens (including phenoxy) is 4. The molecule has 7 nitrogen and oxygen atoms in total. The molecule has 0 spiro atoms. The van der Waals surface area contributed by atoms with E-state index in [1.165, 1.54) is 0 Å². The molecule has 0 amide bonds. The molecule has 3 atom stereocenters. The second-order valence-corrected chi connectivity index (χ2v) is 8.98. The van der Waals surface area contributed by atoms with Crippen molar-refractivity contribution in [2.24, 2.45) is 0 Å². The summed E-state index contributed by atoms with van der Waals surface area (Å²) in [5, 5.41) is 7.84. The van der Waals surface area contributed by atoms with Crippen LogP contribution in [0, 0.1) is 5.41 Å². The molecular formula is C29H27N3O4. The first-order chi connectivity index (χ1) is 17.7. The van der Waals surface area contributed by atoms with Gasteiger partial charge in [0.15, 0.2) is 5.49 Å². The first-order valence-electron chi connectivity index (χ1n) is 12.0. The lowest BCUT2D eigenvalue weighted by molar-refractivity contribution is -0.0816. The molecule has 0 saturated carbocycles. The van der Waals surface area contributed by atoms with Gasteiger partial charge >= 0.3 is 6.01 Å². The van der Waals surface area contributed by atoms with Gasteiger partial charge in [-0.3, -0.25) is 9.98 Å². The van der Waals surface area contributed by atoms with Crippen LogP contribution in [0.5, 0.6) is 11.8 Å². The Kier molecular flexibility index (Phi) is 5.79. The molecule has 182 valence electrons. The Morgan fingerprint density at radius 2 is 1.56 bits per heavy atom. The molecule has 1 N–H and O–H groups in total. The molecule has 0 aliphatic carbocycles. The lowest BCUT2D eigenvalue weighted by Gasteiger charge is -2.37. The summed E-state index contributed by atoms with van der Waals surface area (Å²) in [4.78, 5) is 4.23. The quantitative estimate of drug-likeness (QED) is 0.395. The van der Waals surface area contributed by atoms with Crippen LogP contribution in [0.4, 0.5) is 0 Å². The molecule has 3 aromatic carbocycles. The molecule has 2 aliphatic heterocycles. The van der Waals surface area contributed by atoms with Crippen molar-refractivity contribution in [3.05, 3.63) is 119 Å². The molecule has 6 rings (SSSR count). The van der Waals surface area contributed by atoms with Gasteiger partial charge in [0.1, 0.15) is 29.8 Å². The summed E-state index contributed by atoms with van der Waals surface area (Å²) in [5.74, 6) is 0.783. The van der Waals surface area contributed by atoms with Crippen molar-refractivity contribution in [1.82, 2.24) is 9.55 Å². The first-order valence-corrected chi connectivity index (χ1v) is 12.0. The van der Waals surface area contributed by atoms with Crippen LogP contribution in [0.25, 0.3) is 0 Å². The van der Waals surface area contributed by atoms with Gasteiger partial charge in [0, 0.05) is 12.6 Å². The van der Waals surface area contributed by atoms with E-state index < -0.39 is 5.60 Å². The highest BCUT2D eigenvalue weighted by molar-refractivity contribution is 5.48. The topological polar surface area (TPSA) is 78.6 Å². The van der Waals surface area contributed by atoms with Gasteiger partial charge in [0.2, 0.25) is 0 Å². The van der Waals surface area contributed by atoms with Crippen molar-refractivity contribution in [2.75, 3.05) is 13.7 Å². The van der Waals surface area contributed by atoms with E-state index in [-0.39, 0.29) is 23.9 Å². The highest BCUT2D eigenvalue weighted by Crippen LogP contribution is 2.43. The van der Waals surface area contributed by atoms with Crippen molar-refractivity contribution in [2.45, 2.75) is 30.5 Å². The molecule has 36 heavy (non-hydrogen) atoms. The standard InChI is InChI=1S/C29H27N3O4/c1-33-23-14-12-22(13-15-23)29(20-8-4-2-5-9-20,21-10-6-3-7-11-21)34-19-25-24-18-27(35-25)32-17-16-26(30)31-28(32)36-24/h2-17,24-25,27,30H,18-19H2,1H3/t24-,25-,27-/m1/s1. The van der Waals surface area contributed by atoms with E-state index in [2.05, 4.69) is 41.4 Å². The van der Waals surface area contributed by atoms with Crippen LogP contribution in [0.1, 0.15) is 29.3 Å². The average Bonchev–Trinajstić information content (AvgIpc) is 3.26. The van der Waals surface area contributed by atoms with E-state index in [1.807, 2.05) is 53.1 Å². The smallest absolute Gasteiger partial charge is 0.300 e. The summed E-state index contributed by atoms with van der Waals surface area (Å²) in [6.07, 6.45) is 1.81. The zero-order valence-electron chi connectivity index (χ0n) is 19.9. The molecule has 0 unspecified atom stereocenters. The lowest BCUT2D eigenvalue weighted by atomic mass is 9.80. The van der Waals surface area contributed by atoms with Gasteiger partial charge in [-0.15, -0.1) is 0 Å². The van der Waals surface area contributed by atoms with E-state index in [9.17, 15) is 0 Å². The summed E-state index contributed by atoms with van der Waals surface area (Å²) >= 11 is 0. The van der Waals surface area contributed by atoms with E-state index in [4.69, 9.17) is 24.4 Å². The third-order valence-electron chi connectivity index (χ3n) is 6.90. The molecule has 1 saturated heterocycles. The molecule has 4 aromatic rings. The maximum atomic E-state index is 7.84. The fraction of sp³-hybridized carbons (Fsp3) is 0.241. The second kappa shape index (κ2) is 9.26. The van der Waals surface area contributed by atoms with Crippen molar-refractivity contribution >= 4 is 0 Å². The van der Waals surface area contributed by atoms with E-state index in [0.29, 0.717) is 19.0 Å². The molecule has 1 fully saturated rings. The third-order valence-corrected chi connectivity index (χ3v) is 6.90. The molecule has 1 aromatic heterocycles. The largest absolute Gasteiger partial charge is 0.497 e. The zero-order valence-corrected chi connectivity index (χ0v) is 19.9. The molecule has 2 aliphatic rings. The predicted octanol–water partition coefficient (Wildman–Crippen LogP) is 4.43. The van der Waals surface area contributed by atoms with Gasteiger partial charge in [0.05, 0.1) is 13.7 Å². The number of fused-ring (bicyclic) bond motifs is 4. The SMILES string of the molecule is COc1ccc(C(OC[C@H]2O[C@@H]3C[C@H]2Oc2nc(=N)ccn23)(c2ccccc2)c2ccccc2)cc1. The highest BCUT2D eigenvalue weighted by Gasteiger charge is 2.45. The van der Waals surface area contributed by atoms with Gasteiger partial charge < -0.3 is 18.9 Å². The number of nitrogens with zero attached hydrogens (tertiary/aromatic N) is 2. The molecule has 3 heterocycles. The zero-order chi connectivity index (χ0) is 24.5. The number of benzene rings is 3. The van der Waals surface area contributed by atoms with Crippen LogP contribution in [-0.2, 0) is 15.1 Å². The summed E-state index contributed by atoms with van der Waals surface area (Å²) in [6, 6.07) is 30.6. The summed E-state index contributed by atoms with van der Waals surface area (Å²) < 4.78 is 26.8. The van der Waals surface area contributed by atoms with E-state index in [0.717, 1.165) is 22.4 Å². The van der Waals surface area contributed by atoms with Crippen LogP contribution in [0.3, 0.4) is 0 Å². The number of hydrogen-bond acceptors (Lipinski definition) is 6. The minimum atomic E-state index is -0.874. The Bertz CT molecular complexity index is 1350. The maximum Gasteiger partial charge on any atom is 0.300 e. The van der Waals surface area contributed by atoms with Crippen LogP contribution in [-0.4, -0.2) is 35.5 Å². The van der Waals surface area contributed by atoms with E-state index in [1.54, 1.807) is 19.4 Å². The Hall–Kier alpha value is -3.94. The van der Waals surface area contributed by atoms with E-state index >= 15 is 0 Å². The van der Waals surface area contributed by atoms with Gasteiger partial charge in [-0.25, -0.2) is 0 Å². The van der Waals surface area contributed by atoms with Gasteiger partial charge in [-0.2, -0.15) is 4.98 Å². The maximum absolute atomic E-state index is 7.84. The Balaban J connectivity index is 1.39. The number of nitrogens with one attached hydrogen (secondary N) is 1. The predicted molar refractivity (Wildman–Crippen MR) is 133 cm³/mol. The molecule has 2 bridgehead atoms. The summed E-state index contributed by atoms with van der Waals surface area (Å²) in [7, 11) is 1.66. The number of hydrogen-bond donors (Lipinski definition) is 1. The van der Waals surface area contributed by atoms with Crippen LogP contribution in [0.2, 0.25) is 0 Å².